The van der Waals surface area contributed by atoms with Crippen molar-refractivity contribution in [3.05, 3.63) is 24.3 Å². The van der Waals surface area contributed by atoms with Gasteiger partial charge in [0.25, 0.3) is 5.91 Å². The van der Waals surface area contributed by atoms with Crippen LogP contribution in [0.25, 0.3) is 10.6 Å². The van der Waals surface area contributed by atoms with E-state index < -0.39 is 0 Å². The van der Waals surface area contributed by atoms with Crippen molar-refractivity contribution in [1.29, 1.82) is 0 Å². The van der Waals surface area contributed by atoms with Crippen LogP contribution >= 0.6 is 11.3 Å². The summed E-state index contributed by atoms with van der Waals surface area (Å²) >= 11 is 1.36. The van der Waals surface area contributed by atoms with E-state index in [1.54, 1.807) is 14.2 Å². The Morgan fingerprint density at radius 3 is 2.95 bits per heavy atom. The van der Waals surface area contributed by atoms with Gasteiger partial charge in [0.05, 0.1) is 12.7 Å². The maximum atomic E-state index is 12.3. The number of carbonyl (C=O) groups excluding carboxylic acids is 1. The lowest BCUT2D eigenvalue weighted by Crippen LogP contribution is -2.35. The van der Waals surface area contributed by atoms with Crippen molar-refractivity contribution in [1.82, 2.24) is 10.2 Å². The number of likely N-dealkylation sites (N-methyl/N-ethyl adjacent to an activating group) is 1. The first kappa shape index (κ1) is 14.9. The van der Waals surface area contributed by atoms with Gasteiger partial charge in [-0.05, 0) is 25.0 Å². The predicted octanol–water partition coefficient (Wildman–Crippen LogP) is 2.36. The molecule has 1 amide bonds. The topological polar surface area (TPSA) is 64.6 Å². The normalized spacial score (nSPS) is 17.5. The largest absolute Gasteiger partial charge is 0.496 e. The summed E-state index contributed by atoms with van der Waals surface area (Å²) in [4.78, 5) is 13.9. The van der Waals surface area contributed by atoms with E-state index in [1.165, 1.54) is 16.2 Å². The third-order valence-corrected chi connectivity index (χ3v) is 4.61. The molecule has 1 aromatic carbocycles. The number of para-hydroxylation sites is 1. The molecule has 1 aliphatic rings. The zero-order chi connectivity index (χ0) is 15.5. The first-order valence-electron chi connectivity index (χ1n) is 7.07. The van der Waals surface area contributed by atoms with Crippen LogP contribution < -0.4 is 9.64 Å². The number of carbonyl (C=O) groups is 1. The molecule has 2 heterocycles. The minimum absolute atomic E-state index is 0.0692. The number of nitrogens with zero attached hydrogens (tertiary/aromatic N) is 3. The number of aromatic nitrogens is 2. The van der Waals surface area contributed by atoms with Gasteiger partial charge in [0.15, 0.2) is 5.01 Å². The van der Waals surface area contributed by atoms with E-state index >= 15 is 0 Å². The zero-order valence-electron chi connectivity index (χ0n) is 12.5. The second-order valence-corrected chi connectivity index (χ2v) is 5.94. The molecule has 0 radical (unpaired) electrons. The van der Waals surface area contributed by atoms with Crippen LogP contribution in [0.4, 0.5) is 5.13 Å². The summed E-state index contributed by atoms with van der Waals surface area (Å²) in [6, 6.07) is 7.61. The Bertz CT molecular complexity index is 668. The van der Waals surface area contributed by atoms with Crippen molar-refractivity contribution in [3.63, 3.8) is 0 Å². The van der Waals surface area contributed by atoms with Crippen LogP contribution in [0.5, 0.6) is 5.75 Å². The van der Waals surface area contributed by atoms with Crippen molar-refractivity contribution < 1.29 is 14.3 Å². The standard InChI is InChI=1S/C15H17N3O3S/c1-18(14(19)12-8-5-9-21-12)15-17-16-13(22-15)10-6-3-4-7-11(10)20-2/h3-4,6-7,12H,5,8-9H2,1-2H3/t12-/m0/s1. The molecular formula is C15H17N3O3S. The Labute approximate surface area is 132 Å². The number of methoxy groups -OCH3 is 1. The Hall–Kier alpha value is -1.99. The third kappa shape index (κ3) is 2.82. The van der Waals surface area contributed by atoms with Crippen LogP contribution in [0.1, 0.15) is 12.8 Å². The molecule has 2 aromatic rings. The number of ether oxygens (including phenoxy) is 2. The van der Waals surface area contributed by atoms with Crippen molar-refractivity contribution in [2.45, 2.75) is 18.9 Å². The van der Waals surface area contributed by atoms with Crippen LogP contribution in [0, 0.1) is 0 Å². The number of amides is 1. The highest BCUT2D eigenvalue weighted by Crippen LogP contribution is 2.34. The summed E-state index contributed by atoms with van der Waals surface area (Å²) in [6.07, 6.45) is 1.33. The highest BCUT2D eigenvalue weighted by Gasteiger charge is 2.28. The highest BCUT2D eigenvalue weighted by molar-refractivity contribution is 7.18. The average molecular weight is 319 g/mol. The van der Waals surface area contributed by atoms with Crippen LogP contribution in [0.15, 0.2) is 24.3 Å². The molecule has 1 aliphatic heterocycles. The molecular weight excluding hydrogens is 302 g/mol. The second kappa shape index (κ2) is 6.41. The van der Waals surface area contributed by atoms with E-state index in [-0.39, 0.29) is 12.0 Å². The molecule has 0 N–H and O–H groups in total. The monoisotopic (exact) mass is 319 g/mol. The second-order valence-electron chi connectivity index (χ2n) is 4.99. The van der Waals surface area contributed by atoms with Gasteiger partial charge in [-0.15, -0.1) is 10.2 Å². The molecule has 7 heteroatoms. The van der Waals surface area contributed by atoms with Crippen LogP contribution in [0.3, 0.4) is 0 Å². The van der Waals surface area contributed by atoms with Gasteiger partial charge in [-0.3, -0.25) is 9.69 Å². The maximum Gasteiger partial charge on any atom is 0.257 e. The molecule has 22 heavy (non-hydrogen) atoms. The van der Waals surface area contributed by atoms with E-state index in [0.717, 1.165) is 29.2 Å². The number of anilines is 1. The van der Waals surface area contributed by atoms with E-state index in [2.05, 4.69) is 10.2 Å². The number of benzene rings is 1. The molecule has 0 unspecified atom stereocenters. The quantitative estimate of drug-likeness (QED) is 0.865. The van der Waals surface area contributed by atoms with Gasteiger partial charge >= 0.3 is 0 Å². The van der Waals surface area contributed by atoms with Crippen LogP contribution in [-0.4, -0.2) is 43.0 Å². The molecule has 6 nitrogen and oxygen atoms in total. The SMILES string of the molecule is COc1ccccc1-c1nnc(N(C)C(=O)[C@@H]2CCCO2)s1. The van der Waals surface area contributed by atoms with Gasteiger partial charge in [0.2, 0.25) is 5.13 Å². The van der Waals surface area contributed by atoms with E-state index in [0.29, 0.717) is 11.7 Å². The fourth-order valence-corrected chi connectivity index (χ4v) is 3.21. The summed E-state index contributed by atoms with van der Waals surface area (Å²) in [6.45, 7) is 0.646. The first-order valence-corrected chi connectivity index (χ1v) is 7.88. The molecule has 0 spiro atoms. The lowest BCUT2D eigenvalue weighted by atomic mass is 10.2. The maximum absolute atomic E-state index is 12.3. The summed E-state index contributed by atoms with van der Waals surface area (Å²) in [7, 11) is 3.32. The lowest BCUT2D eigenvalue weighted by Gasteiger charge is -2.17. The number of hydrogen-bond acceptors (Lipinski definition) is 6. The van der Waals surface area contributed by atoms with E-state index in [4.69, 9.17) is 9.47 Å². The fourth-order valence-electron chi connectivity index (χ4n) is 2.36. The lowest BCUT2D eigenvalue weighted by molar-refractivity contribution is -0.127. The van der Waals surface area contributed by atoms with Gasteiger partial charge < -0.3 is 9.47 Å². The fraction of sp³-hybridized carbons (Fsp3) is 0.400. The Morgan fingerprint density at radius 2 is 2.23 bits per heavy atom. The smallest absolute Gasteiger partial charge is 0.257 e. The predicted molar refractivity (Wildman–Crippen MR) is 84.3 cm³/mol. The summed E-state index contributed by atoms with van der Waals surface area (Å²) in [5.41, 5.74) is 0.867. The van der Waals surface area contributed by atoms with Crippen LogP contribution in [-0.2, 0) is 9.53 Å². The molecule has 1 fully saturated rings. The molecule has 1 aromatic heterocycles. The van der Waals surface area contributed by atoms with Gasteiger partial charge in [-0.1, -0.05) is 23.5 Å². The van der Waals surface area contributed by atoms with Crippen molar-refractivity contribution in [2.75, 3.05) is 25.7 Å². The molecule has 116 valence electrons. The van der Waals surface area contributed by atoms with Gasteiger partial charge in [-0.25, -0.2) is 0 Å². The van der Waals surface area contributed by atoms with Crippen LogP contribution in [0.2, 0.25) is 0 Å². The molecule has 1 atom stereocenters. The molecule has 0 bridgehead atoms. The molecule has 3 rings (SSSR count). The van der Waals surface area contributed by atoms with Crippen molar-refractivity contribution in [2.24, 2.45) is 0 Å². The van der Waals surface area contributed by atoms with E-state index in [9.17, 15) is 4.79 Å². The Kier molecular flexibility index (Phi) is 4.35. The summed E-state index contributed by atoms with van der Waals surface area (Å²) < 4.78 is 10.8. The average Bonchev–Trinajstić information content (AvgIpc) is 3.24. The zero-order valence-corrected chi connectivity index (χ0v) is 13.3. The minimum Gasteiger partial charge on any atom is -0.496 e. The summed E-state index contributed by atoms with van der Waals surface area (Å²) in [5, 5.41) is 9.58. The van der Waals surface area contributed by atoms with Crippen molar-refractivity contribution >= 4 is 22.4 Å². The molecule has 0 saturated carbocycles. The minimum atomic E-state index is -0.358. The van der Waals surface area contributed by atoms with E-state index in [1.807, 2.05) is 24.3 Å². The van der Waals surface area contributed by atoms with Gasteiger partial charge in [0.1, 0.15) is 11.9 Å². The Morgan fingerprint density at radius 1 is 1.41 bits per heavy atom. The highest BCUT2D eigenvalue weighted by atomic mass is 32.1. The first-order chi connectivity index (χ1) is 10.7. The molecule has 1 saturated heterocycles. The third-order valence-electron chi connectivity index (χ3n) is 3.57. The molecule has 0 aliphatic carbocycles. The van der Waals surface area contributed by atoms with Gasteiger partial charge in [-0.2, -0.15) is 0 Å². The van der Waals surface area contributed by atoms with Gasteiger partial charge in [0, 0.05) is 13.7 Å². The van der Waals surface area contributed by atoms with Crippen molar-refractivity contribution in [3.8, 4) is 16.3 Å². The summed E-state index contributed by atoms with van der Waals surface area (Å²) in [5.74, 6) is 0.665. The number of rotatable bonds is 4. The number of hydrogen-bond donors (Lipinski definition) is 0. The Balaban J connectivity index is 1.82.